The molecule has 0 unspecified atom stereocenters. The number of nitrogens with one attached hydrogen (secondary N) is 2. The molecule has 0 aliphatic rings. The first-order valence-corrected chi connectivity index (χ1v) is 8.99. The highest BCUT2D eigenvalue weighted by Gasteiger charge is 2.15. The molecule has 6 heteroatoms. The lowest BCUT2D eigenvalue weighted by Gasteiger charge is -2.19. The molecule has 2 amide bonds. The number of carbonyl (C=O) groups excluding carboxylic acids is 2. The predicted octanol–water partition coefficient (Wildman–Crippen LogP) is 4.25. The molecule has 0 radical (unpaired) electrons. The van der Waals surface area contributed by atoms with Crippen molar-refractivity contribution in [3.05, 3.63) is 46.4 Å². The van der Waals surface area contributed by atoms with E-state index in [1.165, 1.54) is 0 Å². The minimum absolute atomic E-state index is 0.124. The largest absolute Gasteiger partial charge is 0.444 e. The molecular formula is C19H23BrN2O3. The highest BCUT2D eigenvalue weighted by atomic mass is 79.9. The van der Waals surface area contributed by atoms with E-state index in [2.05, 4.69) is 26.6 Å². The summed E-state index contributed by atoms with van der Waals surface area (Å²) in [5.74, 6) is -0.124. The fraction of sp³-hybridized carbons (Fsp3) is 0.368. The molecule has 2 rings (SSSR count). The fourth-order valence-corrected chi connectivity index (χ4v) is 2.86. The third-order valence-corrected chi connectivity index (χ3v) is 4.11. The standard InChI is InChI=1S/C19H23BrN2O3/c1-19(2,3)25-18(24)22-12-6-11-21-17(23)15-9-4-8-14-13(15)7-5-10-16(14)20/h4-5,7-10H,6,11-12H2,1-3H3,(H,21,23)(H,22,24). The van der Waals surface area contributed by atoms with Crippen LogP contribution in [0, 0.1) is 0 Å². The smallest absolute Gasteiger partial charge is 0.407 e. The summed E-state index contributed by atoms with van der Waals surface area (Å²) < 4.78 is 6.11. The van der Waals surface area contributed by atoms with E-state index in [1.807, 2.05) is 57.2 Å². The molecule has 25 heavy (non-hydrogen) atoms. The molecule has 0 saturated heterocycles. The van der Waals surface area contributed by atoms with Gasteiger partial charge in [0.15, 0.2) is 0 Å². The molecule has 0 spiro atoms. The van der Waals surface area contributed by atoms with Gasteiger partial charge in [-0.15, -0.1) is 0 Å². The van der Waals surface area contributed by atoms with E-state index in [0.717, 1.165) is 15.2 Å². The van der Waals surface area contributed by atoms with Crippen molar-refractivity contribution in [1.82, 2.24) is 10.6 Å². The summed E-state index contributed by atoms with van der Waals surface area (Å²) in [5.41, 5.74) is 0.125. The summed E-state index contributed by atoms with van der Waals surface area (Å²) in [6.07, 6.45) is 0.178. The molecule has 0 aliphatic carbocycles. The van der Waals surface area contributed by atoms with Crippen molar-refractivity contribution in [3.63, 3.8) is 0 Å². The first kappa shape index (κ1) is 19.2. The number of carbonyl (C=O) groups is 2. The van der Waals surface area contributed by atoms with E-state index in [0.29, 0.717) is 25.1 Å². The predicted molar refractivity (Wildman–Crippen MR) is 103 cm³/mol. The third-order valence-electron chi connectivity index (χ3n) is 3.42. The molecule has 2 N–H and O–H groups in total. The lowest BCUT2D eigenvalue weighted by atomic mass is 10.0. The zero-order valence-corrected chi connectivity index (χ0v) is 16.3. The minimum atomic E-state index is -0.513. The Morgan fingerprint density at radius 2 is 1.64 bits per heavy atom. The maximum atomic E-state index is 12.4. The van der Waals surface area contributed by atoms with Crippen molar-refractivity contribution in [1.29, 1.82) is 0 Å². The number of fused-ring (bicyclic) bond motifs is 1. The first-order chi connectivity index (χ1) is 11.8. The average Bonchev–Trinajstić information content (AvgIpc) is 2.52. The van der Waals surface area contributed by atoms with E-state index in [9.17, 15) is 9.59 Å². The lowest BCUT2D eigenvalue weighted by molar-refractivity contribution is 0.0527. The van der Waals surface area contributed by atoms with Crippen molar-refractivity contribution < 1.29 is 14.3 Å². The van der Waals surface area contributed by atoms with Crippen molar-refractivity contribution >= 4 is 38.7 Å². The summed E-state index contributed by atoms with van der Waals surface area (Å²) in [7, 11) is 0. The van der Waals surface area contributed by atoms with Crippen LogP contribution in [0.2, 0.25) is 0 Å². The molecule has 0 fully saturated rings. The Kier molecular flexibility index (Phi) is 6.42. The number of hydrogen-bond donors (Lipinski definition) is 2. The number of rotatable bonds is 5. The van der Waals surface area contributed by atoms with Gasteiger partial charge in [-0.2, -0.15) is 0 Å². The Bertz CT molecular complexity index is 769. The monoisotopic (exact) mass is 406 g/mol. The highest BCUT2D eigenvalue weighted by molar-refractivity contribution is 9.10. The maximum Gasteiger partial charge on any atom is 0.407 e. The van der Waals surface area contributed by atoms with Crippen LogP contribution in [0.4, 0.5) is 4.79 Å². The van der Waals surface area contributed by atoms with Gasteiger partial charge in [-0.1, -0.05) is 40.2 Å². The molecule has 2 aromatic carbocycles. The van der Waals surface area contributed by atoms with Gasteiger partial charge in [-0.3, -0.25) is 4.79 Å². The van der Waals surface area contributed by atoms with Gasteiger partial charge in [0.1, 0.15) is 5.60 Å². The molecule has 0 aromatic heterocycles. The van der Waals surface area contributed by atoms with Gasteiger partial charge in [-0.05, 0) is 50.1 Å². The summed E-state index contributed by atoms with van der Waals surface area (Å²) >= 11 is 3.50. The lowest BCUT2D eigenvalue weighted by Crippen LogP contribution is -2.34. The molecule has 0 atom stereocenters. The number of alkyl carbamates (subject to hydrolysis) is 1. The second kappa shape index (κ2) is 8.34. The number of hydrogen-bond acceptors (Lipinski definition) is 3. The number of amides is 2. The van der Waals surface area contributed by atoms with Gasteiger partial charge in [0, 0.05) is 23.1 Å². The molecular weight excluding hydrogens is 384 g/mol. The van der Waals surface area contributed by atoms with E-state index in [4.69, 9.17) is 4.74 Å². The van der Waals surface area contributed by atoms with Crippen LogP contribution in [0.5, 0.6) is 0 Å². The molecule has 2 aromatic rings. The molecule has 5 nitrogen and oxygen atoms in total. The Labute approximate surface area is 156 Å². The van der Waals surface area contributed by atoms with Crippen LogP contribution in [0.15, 0.2) is 40.9 Å². The van der Waals surface area contributed by atoms with Crippen molar-refractivity contribution in [2.24, 2.45) is 0 Å². The summed E-state index contributed by atoms with van der Waals surface area (Å²) in [5, 5.41) is 7.46. The highest BCUT2D eigenvalue weighted by Crippen LogP contribution is 2.26. The van der Waals surface area contributed by atoms with E-state index < -0.39 is 11.7 Å². The number of ether oxygens (including phenoxy) is 1. The Hall–Kier alpha value is -2.08. The summed E-state index contributed by atoms with van der Waals surface area (Å²) in [6, 6.07) is 11.4. The Morgan fingerprint density at radius 3 is 2.36 bits per heavy atom. The van der Waals surface area contributed by atoms with Crippen LogP contribution in [-0.4, -0.2) is 30.7 Å². The first-order valence-electron chi connectivity index (χ1n) is 8.20. The second-order valence-corrected chi connectivity index (χ2v) is 7.53. The number of halogens is 1. The second-order valence-electron chi connectivity index (χ2n) is 6.68. The van der Waals surface area contributed by atoms with Gasteiger partial charge in [0.05, 0.1) is 0 Å². The minimum Gasteiger partial charge on any atom is -0.444 e. The van der Waals surface area contributed by atoms with E-state index in [1.54, 1.807) is 0 Å². The molecule has 0 heterocycles. The summed E-state index contributed by atoms with van der Waals surface area (Å²) in [6.45, 7) is 6.36. The SMILES string of the molecule is CC(C)(C)OC(=O)NCCCNC(=O)c1cccc2c(Br)cccc12. The van der Waals surface area contributed by atoms with Crippen LogP contribution in [0.1, 0.15) is 37.6 Å². The molecule has 0 aliphatic heterocycles. The fourth-order valence-electron chi connectivity index (χ4n) is 2.36. The normalized spacial score (nSPS) is 11.2. The Balaban J connectivity index is 1.84. The van der Waals surface area contributed by atoms with Crippen LogP contribution in [0.3, 0.4) is 0 Å². The molecule has 0 bridgehead atoms. The number of benzene rings is 2. The third kappa shape index (κ3) is 5.74. The zero-order valence-electron chi connectivity index (χ0n) is 14.7. The van der Waals surface area contributed by atoms with E-state index in [-0.39, 0.29) is 5.91 Å². The topological polar surface area (TPSA) is 67.4 Å². The quantitative estimate of drug-likeness (QED) is 0.729. The molecule has 0 saturated carbocycles. The van der Waals surface area contributed by atoms with Crippen molar-refractivity contribution in [2.75, 3.05) is 13.1 Å². The van der Waals surface area contributed by atoms with Crippen LogP contribution < -0.4 is 10.6 Å². The van der Waals surface area contributed by atoms with Gasteiger partial charge in [0.2, 0.25) is 0 Å². The van der Waals surface area contributed by atoms with Crippen LogP contribution in [-0.2, 0) is 4.74 Å². The van der Waals surface area contributed by atoms with Gasteiger partial charge >= 0.3 is 6.09 Å². The van der Waals surface area contributed by atoms with Gasteiger partial charge in [-0.25, -0.2) is 4.79 Å². The maximum absolute atomic E-state index is 12.4. The van der Waals surface area contributed by atoms with Crippen molar-refractivity contribution in [3.8, 4) is 0 Å². The zero-order chi connectivity index (χ0) is 18.4. The average molecular weight is 407 g/mol. The summed E-state index contributed by atoms with van der Waals surface area (Å²) in [4.78, 5) is 23.9. The Morgan fingerprint density at radius 1 is 1.00 bits per heavy atom. The van der Waals surface area contributed by atoms with Crippen LogP contribution in [0.25, 0.3) is 10.8 Å². The molecule has 134 valence electrons. The van der Waals surface area contributed by atoms with Gasteiger partial charge < -0.3 is 15.4 Å². The van der Waals surface area contributed by atoms with Crippen LogP contribution >= 0.6 is 15.9 Å². The van der Waals surface area contributed by atoms with Gasteiger partial charge in [0.25, 0.3) is 5.91 Å². The van der Waals surface area contributed by atoms with E-state index >= 15 is 0 Å². The van der Waals surface area contributed by atoms with Crippen molar-refractivity contribution in [2.45, 2.75) is 32.8 Å².